The second-order valence-corrected chi connectivity index (χ2v) is 4.57. The Kier molecular flexibility index (Phi) is 6.25. The minimum Gasteiger partial charge on any atom is -0.375 e. The summed E-state index contributed by atoms with van der Waals surface area (Å²) in [6.07, 6.45) is 13.2. The summed E-state index contributed by atoms with van der Waals surface area (Å²) in [5.41, 5.74) is 0. The van der Waals surface area contributed by atoms with Crippen LogP contribution in [0.2, 0.25) is 0 Å². The fourth-order valence-corrected chi connectivity index (χ4v) is 2.27. The quantitative estimate of drug-likeness (QED) is 0.554. The van der Waals surface area contributed by atoms with Crippen molar-refractivity contribution in [3.05, 3.63) is 0 Å². The van der Waals surface area contributed by atoms with Crippen molar-refractivity contribution in [2.24, 2.45) is 0 Å². The molecule has 14 heavy (non-hydrogen) atoms. The summed E-state index contributed by atoms with van der Waals surface area (Å²) in [5.74, 6) is 0. The summed E-state index contributed by atoms with van der Waals surface area (Å²) in [7, 11) is 0. The first-order valence-electron chi connectivity index (χ1n) is 6.52. The van der Waals surface area contributed by atoms with E-state index in [0.29, 0.717) is 12.2 Å². The SMILES string of the molecule is CCCCCCC[C@@H]1CC[C@H](CC)O1. The molecule has 0 radical (unpaired) electrons. The molecule has 0 aromatic carbocycles. The van der Waals surface area contributed by atoms with E-state index in [1.807, 2.05) is 0 Å². The Morgan fingerprint density at radius 2 is 1.64 bits per heavy atom. The van der Waals surface area contributed by atoms with Gasteiger partial charge in [0.25, 0.3) is 0 Å². The van der Waals surface area contributed by atoms with Crippen LogP contribution < -0.4 is 0 Å². The highest BCUT2D eigenvalue weighted by atomic mass is 16.5. The molecule has 0 unspecified atom stereocenters. The first-order valence-corrected chi connectivity index (χ1v) is 6.52. The molecular weight excluding hydrogens is 172 g/mol. The van der Waals surface area contributed by atoms with Crippen LogP contribution in [0.15, 0.2) is 0 Å². The maximum absolute atomic E-state index is 5.92. The number of hydrogen-bond donors (Lipinski definition) is 0. The highest BCUT2D eigenvalue weighted by Crippen LogP contribution is 2.25. The highest BCUT2D eigenvalue weighted by molar-refractivity contribution is 4.72. The van der Waals surface area contributed by atoms with Crippen molar-refractivity contribution >= 4 is 0 Å². The molecule has 1 aliphatic rings. The molecule has 1 aliphatic heterocycles. The predicted octanol–water partition coefficient (Wildman–Crippen LogP) is 4.30. The van der Waals surface area contributed by atoms with Crippen LogP contribution >= 0.6 is 0 Å². The van der Waals surface area contributed by atoms with E-state index in [4.69, 9.17) is 4.74 Å². The Bertz CT molecular complexity index is 133. The van der Waals surface area contributed by atoms with Gasteiger partial charge in [-0.2, -0.15) is 0 Å². The summed E-state index contributed by atoms with van der Waals surface area (Å²) < 4.78 is 5.92. The van der Waals surface area contributed by atoms with Crippen LogP contribution in [0, 0.1) is 0 Å². The zero-order chi connectivity index (χ0) is 10.2. The maximum Gasteiger partial charge on any atom is 0.0579 e. The summed E-state index contributed by atoms with van der Waals surface area (Å²) in [5, 5.41) is 0. The largest absolute Gasteiger partial charge is 0.375 e. The van der Waals surface area contributed by atoms with Crippen LogP contribution in [0.5, 0.6) is 0 Å². The van der Waals surface area contributed by atoms with Crippen molar-refractivity contribution in [1.29, 1.82) is 0 Å². The van der Waals surface area contributed by atoms with Gasteiger partial charge in [0.2, 0.25) is 0 Å². The maximum atomic E-state index is 5.92. The summed E-state index contributed by atoms with van der Waals surface area (Å²) in [6, 6.07) is 0. The molecule has 0 aliphatic carbocycles. The first kappa shape index (κ1) is 12.0. The Morgan fingerprint density at radius 3 is 2.29 bits per heavy atom. The lowest BCUT2D eigenvalue weighted by Crippen LogP contribution is -2.09. The molecule has 1 nitrogen and oxygen atoms in total. The third-order valence-electron chi connectivity index (χ3n) is 3.28. The number of rotatable bonds is 7. The van der Waals surface area contributed by atoms with Crippen LogP contribution in [0.3, 0.4) is 0 Å². The van der Waals surface area contributed by atoms with Gasteiger partial charge in [-0.25, -0.2) is 0 Å². The van der Waals surface area contributed by atoms with E-state index in [-0.39, 0.29) is 0 Å². The van der Waals surface area contributed by atoms with Gasteiger partial charge in [-0.15, -0.1) is 0 Å². The molecule has 0 bridgehead atoms. The van der Waals surface area contributed by atoms with Gasteiger partial charge in [-0.1, -0.05) is 46.0 Å². The van der Waals surface area contributed by atoms with Crippen LogP contribution in [0.1, 0.15) is 71.6 Å². The molecule has 2 atom stereocenters. The van der Waals surface area contributed by atoms with Gasteiger partial charge in [0.1, 0.15) is 0 Å². The van der Waals surface area contributed by atoms with Crippen LogP contribution in [0.25, 0.3) is 0 Å². The van der Waals surface area contributed by atoms with Gasteiger partial charge in [0.05, 0.1) is 12.2 Å². The minimum atomic E-state index is 0.579. The number of unbranched alkanes of at least 4 members (excludes halogenated alkanes) is 4. The van der Waals surface area contributed by atoms with Crippen LogP contribution in [-0.2, 0) is 4.74 Å². The number of hydrogen-bond acceptors (Lipinski definition) is 1. The predicted molar refractivity (Wildman–Crippen MR) is 61.6 cm³/mol. The standard InChI is InChI=1S/C13H26O/c1-3-5-6-7-8-9-13-11-10-12(4-2)14-13/h12-13H,3-11H2,1-2H3/t12-,13+/m0/s1. The van der Waals surface area contributed by atoms with Crippen LogP contribution in [-0.4, -0.2) is 12.2 Å². The average molecular weight is 198 g/mol. The Balaban J connectivity index is 1.92. The normalized spacial score (nSPS) is 27.0. The Labute approximate surface area is 89.2 Å². The highest BCUT2D eigenvalue weighted by Gasteiger charge is 2.22. The molecule has 1 heterocycles. The molecule has 0 aromatic heterocycles. The fourth-order valence-electron chi connectivity index (χ4n) is 2.27. The van der Waals surface area contributed by atoms with E-state index in [2.05, 4.69) is 13.8 Å². The molecule has 84 valence electrons. The molecule has 1 heteroatoms. The van der Waals surface area contributed by atoms with E-state index < -0.39 is 0 Å². The van der Waals surface area contributed by atoms with Gasteiger partial charge in [0, 0.05) is 0 Å². The van der Waals surface area contributed by atoms with Crippen molar-refractivity contribution in [3.8, 4) is 0 Å². The molecule has 0 N–H and O–H groups in total. The fraction of sp³-hybridized carbons (Fsp3) is 1.00. The van der Waals surface area contributed by atoms with E-state index in [9.17, 15) is 0 Å². The first-order chi connectivity index (χ1) is 6.86. The molecular formula is C13H26O. The third kappa shape index (κ3) is 4.45. The second kappa shape index (κ2) is 7.28. The summed E-state index contributed by atoms with van der Waals surface area (Å²) in [4.78, 5) is 0. The lowest BCUT2D eigenvalue weighted by atomic mass is 10.1. The molecule has 1 rings (SSSR count). The zero-order valence-electron chi connectivity index (χ0n) is 9.93. The van der Waals surface area contributed by atoms with Gasteiger partial charge < -0.3 is 4.74 Å². The molecule has 1 saturated heterocycles. The molecule has 0 amide bonds. The average Bonchev–Trinajstić information content (AvgIpc) is 2.65. The zero-order valence-corrected chi connectivity index (χ0v) is 9.93. The summed E-state index contributed by atoms with van der Waals surface area (Å²) >= 11 is 0. The van der Waals surface area contributed by atoms with Crippen molar-refractivity contribution in [3.63, 3.8) is 0 Å². The Hall–Kier alpha value is -0.0400. The molecule has 0 saturated carbocycles. The smallest absolute Gasteiger partial charge is 0.0579 e. The van der Waals surface area contributed by atoms with Crippen molar-refractivity contribution < 1.29 is 4.74 Å². The topological polar surface area (TPSA) is 9.23 Å². The number of ether oxygens (including phenoxy) is 1. The lowest BCUT2D eigenvalue weighted by molar-refractivity contribution is 0.0375. The minimum absolute atomic E-state index is 0.579. The van der Waals surface area contributed by atoms with Gasteiger partial charge in [-0.3, -0.25) is 0 Å². The van der Waals surface area contributed by atoms with E-state index in [0.717, 1.165) is 0 Å². The summed E-state index contributed by atoms with van der Waals surface area (Å²) in [6.45, 7) is 4.50. The lowest BCUT2D eigenvalue weighted by Gasteiger charge is -2.11. The van der Waals surface area contributed by atoms with E-state index in [1.165, 1.54) is 57.8 Å². The third-order valence-corrected chi connectivity index (χ3v) is 3.28. The van der Waals surface area contributed by atoms with Gasteiger partial charge >= 0.3 is 0 Å². The van der Waals surface area contributed by atoms with Gasteiger partial charge in [-0.05, 0) is 25.7 Å². The van der Waals surface area contributed by atoms with Crippen molar-refractivity contribution in [1.82, 2.24) is 0 Å². The van der Waals surface area contributed by atoms with E-state index >= 15 is 0 Å². The monoisotopic (exact) mass is 198 g/mol. The second-order valence-electron chi connectivity index (χ2n) is 4.57. The van der Waals surface area contributed by atoms with Crippen LogP contribution in [0.4, 0.5) is 0 Å². The van der Waals surface area contributed by atoms with Gasteiger partial charge in [0.15, 0.2) is 0 Å². The Morgan fingerprint density at radius 1 is 0.929 bits per heavy atom. The van der Waals surface area contributed by atoms with Crippen molar-refractivity contribution in [2.75, 3.05) is 0 Å². The van der Waals surface area contributed by atoms with Crippen molar-refractivity contribution in [2.45, 2.75) is 83.8 Å². The molecule has 0 spiro atoms. The molecule has 1 fully saturated rings. The van der Waals surface area contributed by atoms with E-state index in [1.54, 1.807) is 0 Å². The molecule has 0 aromatic rings.